The van der Waals surface area contributed by atoms with Crippen molar-refractivity contribution in [3.05, 3.63) is 28.5 Å². The number of benzene rings is 1. The topological polar surface area (TPSA) is 35.5 Å². The predicted molar refractivity (Wildman–Crippen MR) is 56.2 cm³/mol. The quantitative estimate of drug-likeness (QED) is 0.793. The molecule has 0 saturated carbocycles. The van der Waals surface area contributed by atoms with Crippen molar-refractivity contribution in [3.63, 3.8) is 0 Å². The smallest absolute Gasteiger partial charge is 0.308 e. The van der Waals surface area contributed by atoms with Gasteiger partial charge in [0, 0.05) is 0 Å². The normalized spacial score (nSPS) is 9.80. The first-order chi connectivity index (χ1) is 7.13. The van der Waals surface area contributed by atoms with Crippen molar-refractivity contribution in [3.8, 4) is 5.75 Å². The molecule has 0 heterocycles. The molecule has 0 unspecified atom stereocenters. The maximum atomic E-state index is 12.7. The molecule has 0 aliphatic carbocycles. The zero-order chi connectivity index (χ0) is 11.3. The van der Waals surface area contributed by atoms with Crippen molar-refractivity contribution in [1.82, 2.24) is 0 Å². The Morgan fingerprint density at radius 2 is 2.27 bits per heavy atom. The third-order valence-corrected chi connectivity index (χ3v) is 2.31. The van der Waals surface area contributed by atoms with E-state index in [9.17, 15) is 9.18 Å². The number of carbonyl (C=O) groups is 1. The van der Waals surface area contributed by atoms with Gasteiger partial charge in [-0.25, -0.2) is 4.39 Å². The number of hydrogen-bond donors (Lipinski definition) is 0. The lowest BCUT2D eigenvalue weighted by atomic mass is 10.3. The Labute approximate surface area is 95.3 Å². The lowest BCUT2D eigenvalue weighted by Crippen LogP contribution is -2.07. The molecule has 1 aromatic carbocycles. The van der Waals surface area contributed by atoms with Crippen LogP contribution in [0.25, 0.3) is 0 Å². The van der Waals surface area contributed by atoms with Crippen LogP contribution in [0.15, 0.2) is 22.7 Å². The van der Waals surface area contributed by atoms with E-state index >= 15 is 0 Å². The number of esters is 1. The third kappa shape index (κ3) is 3.87. The van der Waals surface area contributed by atoms with Crippen LogP contribution in [0.5, 0.6) is 5.75 Å². The first kappa shape index (κ1) is 12.0. The highest BCUT2D eigenvalue weighted by molar-refractivity contribution is 9.10. The largest absolute Gasteiger partial charge is 0.492 e. The van der Waals surface area contributed by atoms with Crippen molar-refractivity contribution in [2.45, 2.75) is 6.42 Å². The summed E-state index contributed by atoms with van der Waals surface area (Å²) in [5.74, 6) is -0.185. The van der Waals surface area contributed by atoms with Crippen LogP contribution in [-0.4, -0.2) is 19.7 Å². The number of halogens is 2. The van der Waals surface area contributed by atoms with Gasteiger partial charge in [0.25, 0.3) is 0 Å². The van der Waals surface area contributed by atoms with Crippen LogP contribution in [0.2, 0.25) is 0 Å². The minimum atomic E-state index is -0.345. The van der Waals surface area contributed by atoms with E-state index in [4.69, 9.17) is 4.74 Å². The molecule has 0 spiro atoms. The van der Waals surface area contributed by atoms with Crippen molar-refractivity contribution < 1.29 is 18.7 Å². The Hall–Kier alpha value is -1.10. The zero-order valence-electron chi connectivity index (χ0n) is 8.13. The molecule has 1 rings (SSSR count). The van der Waals surface area contributed by atoms with Gasteiger partial charge in [-0.1, -0.05) is 0 Å². The molecule has 0 radical (unpaired) electrons. The second kappa shape index (κ2) is 5.70. The zero-order valence-corrected chi connectivity index (χ0v) is 9.71. The molecule has 1 aromatic rings. The van der Waals surface area contributed by atoms with E-state index < -0.39 is 0 Å². The van der Waals surface area contributed by atoms with Gasteiger partial charge in [-0.3, -0.25) is 4.79 Å². The number of methoxy groups -OCH3 is 1. The lowest BCUT2D eigenvalue weighted by molar-refractivity contribution is -0.141. The number of rotatable bonds is 4. The van der Waals surface area contributed by atoms with Gasteiger partial charge < -0.3 is 9.47 Å². The molecule has 0 aromatic heterocycles. The van der Waals surface area contributed by atoms with Crippen LogP contribution in [0.4, 0.5) is 4.39 Å². The summed E-state index contributed by atoms with van der Waals surface area (Å²) >= 11 is 3.15. The Morgan fingerprint density at radius 3 is 2.87 bits per heavy atom. The second-order valence-corrected chi connectivity index (χ2v) is 3.60. The highest BCUT2D eigenvalue weighted by Crippen LogP contribution is 2.25. The molecule has 3 nitrogen and oxygen atoms in total. The molecule has 0 aliphatic rings. The molecule has 0 N–H and O–H groups in total. The lowest BCUT2D eigenvalue weighted by Gasteiger charge is -2.07. The predicted octanol–water partition coefficient (Wildman–Crippen LogP) is 2.53. The average molecular weight is 277 g/mol. The fourth-order valence-corrected chi connectivity index (χ4v) is 1.40. The van der Waals surface area contributed by atoms with Gasteiger partial charge in [-0.05, 0) is 34.1 Å². The average Bonchev–Trinajstić information content (AvgIpc) is 2.21. The number of carbonyl (C=O) groups excluding carboxylic acids is 1. The molecule has 0 fully saturated rings. The van der Waals surface area contributed by atoms with Crippen LogP contribution in [0.1, 0.15) is 6.42 Å². The van der Waals surface area contributed by atoms with Crippen LogP contribution < -0.4 is 4.74 Å². The van der Waals surface area contributed by atoms with Gasteiger partial charge in [0.2, 0.25) is 0 Å². The maximum absolute atomic E-state index is 12.7. The Balaban J connectivity index is 2.47. The van der Waals surface area contributed by atoms with E-state index in [1.54, 1.807) is 0 Å². The minimum Gasteiger partial charge on any atom is -0.492 e. The van der Waals surface area contributed by atoms with E-state index in [0.717, 1.165) is 0 Å². The fraction of sp³-hybridized carbons (Fsp3) is 0.300. The summed E-state index contributed by atoms with van der Waals surface area (Å²) < 4.78 is 22.9. The second-order valence-electron chi connectivity index (χ2n) is 2.75. The van der Waals surface area contributed by atoms with Gasteiger partial charge in [0.15, 0.2) is 0 Å². The first-order valence-corrected chi connectivity index (χ1v) is 5.07. The maximum Gasteiger partial charge on any atom is 0.308 e. The molecule has 0 amide bonds. The summed E-state index contributed by atoms with van der Waals surface area (Å²) in [7, 11) is 1.32. The molecule has 0 bridgehead atoms. The highest BCUT2D eigenvalue weighted by atomic mass is 79.9. The van der Waals surface area contributed by atoms with Gasteiger partial charge in [-0.15, -0.1) is 0 Å². The van der Waals surface area contributed by atoms with E-state index in [1.807, 2.05) is 0 Å². The SMILES string of the molecule is COC(=O)CCOc1ccc(F)cc1Br. The summed E-state index contributed by atoms with van der Waals surface area (Å²) in [4.78, 5) is 10.8. The number of hydrogen-bond acceptors (Lipinski definition) is 3. The van der Waals surface area contributed by atoms with E-state index in [2.05, 4.69) is 20.7 Å². The molecule has 15 heavy (non-hydrogen) atoms. The molecule has 5 heteroatoms. The van der Waals surface area contributed by atoms with E-state index in [1.165, 1.54) is 25.3 Å². The molecule has 0 atom stereocenters. The standard InChI is InChI=1S/C10H10BrFO3/c1-14-10(13)4-5-15-9-3-2-7(12)6-8(9)11/h2-3,6H,4-5H2,1H3. The summed E-state index contributed by atoms with van der Waals surface area (Å²) in [6.07, 6.45) is 0.167. The Kier molecular flexibility index (Phi) is 4.55. The van der Waals surface area contributed by atoms with Crippen molar-refractivity contribution in [1.29, 1.82) is 0 Å². The van der Waals surface area contributed by atoms with Gasteiger partial charge in [0.1, 0.15) is 11.6 Å². The monoisotopic (exact) mass is 276 g/mol. The number of ether oxygens (including phenoxy) is 2. The first-order valence-electron chi connectivity index (χ1n) is 4.28. The molecular weight excluding hydrogens is 267 g/mol. The van der Waals surface area contributed by atoms with Crippen LogP contribution in [-0.2, 0) is 9.53 Å². The summed E-state index contributed by atoms with van der Waals surface area (Å²) in [6.45, 7) is 0.205. The Bertz CT molecular complexity index is 355. The van der Waals surface area contributed by atoms with E-state index in [-0.39, 0.29) is 24.8 Å². The molecule has 0 saturated heterocycles. The summed E-state index contributed by atoms with van der Waals surface area (Å²) in [5.41, 5.74) is 0. The van der Waals surface area contributed by atoms with Gasteiger partial charge in [-0.2, -0.15) is 0 Å². The van der Waals surface area contributed by atoms with Crippen LogP contribution in [0, 0.1) is 5.82 Å². The molecule has 0 aliphatic heterocycles. The minimum absolute atomic E-state index is 0.167. The summed E-state index contributed by atoms with van der Waals surface area (Å²) in [5, 5.41) is 0. The molecule has 82 valence electrons. The Morgan fingerprint density at radius 1 is 1.53 bits per heavy atom. The summed E-state index contributed by atoms with van der Waals surface area (Å²) in [6, 6.07) is 4.09. The van der Waals surface area contributed by atoms with Crippen LogP contribution in [0.3, 0.4) is 0 Å². The van der Waals surface area contributed by atoms with Gasteiger partial charge in [0.05, 0.1) is 24.6 Å². The van der Waals surface area contributed by atoms with Crippen molar-refractivity contribution >= 4 is 21.9 Å². The fourth-order valence-electron chi connectivity index (χ4n) is 0.939. The van der Waals surface area contributed by atoms with Crippen molar-refractivity contribution in [2.24, 2.45) is 0 Å². The van der Waals surface area contributed by atoms with Crippen LogP contribution >= 0.6 is 15.9 Å². The molecular formula is C10H10BrFO3. The van der Waals surface area contributed by atoms with Crippen molar-refractivity contribution in [2.75, 3.05) is 13.7 Å². The third-order valence-electron chi connectivity index (χ3n) is 1.69. The highest BCUT2D eigenvalue weighted by Gasteiger charge is 2.04. The van der Waals surface area contributed by atoms with Gasteiger partial charge >= 0.3 is 5.97 Å². The van der Waals surface area contributed by atoms with E-state index in [0.29, 0.717) is 10.2 Å².